The van der Waals surface area contributed by atoms with Crippen molar-refractivity contribution in [3.63, 3.8) is 0 Å². The molecule has 0 spiro atoms. The van der Waals surface area contributed by atoms with Crippen LogP contribution in [0.1, 0.15) is 41.3 Å². The lowest BCUT2D eigenvalue weighted by Gasteiger charge is -2.30. The summed E-state index contributed by atoms with van der Waals surface area (Å²) >= 11 is 7.07. The molecule has 0 amide bonds. The average Bonchev–Trinajstić information content (AvgIpc) is 2.99. The molecule has 0 saturated carbocycles. The summed E-state index contributed by atoms with van der Waals surface area (Å²) in [7, 11) is 1.57. The topological polar surface area (TPSA) is 64.6 Å². The maximum absolute atomic E-state index is 13.5. The number of carbonyl (C=O) groups is 2. The molecule has 0 aromatic heterocycles. The number of fused-ring (bicyclic) bond motifs is 2. The Hall–Kier alpha value is -2.38. The smallest absolute Gasteiger partial charge is 0.336 e. The minimum Gasteiger partial charge on any atom is -0.495 e. The summed E-state index contributed by atoms with van der Waals surface area (Å²) in [5.74, 6) is -0.634. The van der Waals surface area contributed by atoms with Crippen LogP contribution < -0.4 is 10.1 Å². The van der Waals surface area contributed by atoms with E-state index in [1.807, 2.05) is 43.3 Å². The largest absolute Gasteiger partial charge is 0.495 e. The molecule has 1 N–H and O–H groups in total. The van der Waals surface area contributed by atoms with Crippen molar-refractivity contribution in [2.24, 2.45) is 0 Å². The fourth-order valence-electron chi connectivity index (χ4n) is 4.13. The summed E-state index contributed by atoms with van der Waals surface area (Å²) < 4.78 is 12.6. The first-order chi connectivity index (χ1) is 14.4. The number of nitrogens with one attached hydrogen (secondary N) is 1. The maximum atomic E-state index is 13.5. The Morgan fingerprint density at radius 1 is 1.17 bits per heavy atom. The van der Waals surface area contributed by atoms with Gasteiger partial charge in [-0.1, -0.05) is 40.2 Å². The fraction of sp³-hybridized carbons (Fsp3) is 0.217. The number of hydrogen-bond acceptors (Lipinski definition) is 5. The van der Waals surface area contributed by atoms with Crippen molar-refractivity contribution in [3.05, 3.63) is 78.9 Å². The number of allylic oxidation sites excluding steroid dienone is 2. The second kappa shape index (κ2) is 8.04. The molecule has 2 aromatic carbocycles. The normalized spacial score (nSPS) is 17.5. The van der Waals surface area contributed by atoms with Gasteiger partial charge in [0, 0.05) is 32.4 Å². The summed E-state index contributed by atoms with van der Waals surface area (Å²) in [6, 6.07) is 11.2. The minimum atomic E-state index is -0.635. The molecule has 0 fully saturated rings. The summed E-state index contributed by atoms with van der Waals surface area (Å²) in [5, 5.41) is 3.29. The van der Waals surface area contributed by atoms with Gasteiger partial charge < -0.3 is 14.8 Å². The molecule has 0 bridgehead atoms. The van der Waals surface area contributed by atoms with Crippen LogP contribution in [0.25, 0.3) is 5.70 Å². The predicted octanol–water partition coefficient (Wildman–Crippen LogP) is 5.35. The number of hydrogen-bond donors (Lipinski definition) is 1. The van der Waals surface area contributed by atoms with E-state index in [-0.39, 0.29) is 12.4 Å². The van der Waals surface area contributed by atoms with Crippen LogP contribution in [0, 0.1) is 0 Å². The highest BCUT2D eigenvalue weighted by Crippen LogP contribution is 2.50. The molecular formula is C23H19Br2NO4. The second-order valence-electron chi connectivity index (χ2n) is 6.99. The van der Waals surface area contributed by atoms with Crippen molar-refractivity contribution in [2.45, 2.75) is 19.8 Å². The standard InChI is InChI=1S/C23H19Br2NO4/c1-4-30-23(28)17-11(2)26-20-13-7-5-6-8-14(13)21(27)19(20)18(17)15-9-12(24)10-16(25)22(15)29-3/h5-10,18,26H,4H2,1-3H3/t18-/m1/s1. The lowest BCUT2D eigenvalue weighted by atomic mass is 9.79. The van der Waals surface area contributed by atoms with E-state index in [4.69, 9.17) is 9.47 Å². The molecule has 4 rings (SSSR count). The Bertz CT molecular complexity index is 1150. The quantitative estimate of drug-likeness (QED) is 0.537. The lowest BCUT2D eigenvalue weighted by molar-refractivity contribution is -0.138. The number of methoxy groups -OCH3 is 1. The van der Waals surface area contributed by atoms with Gasteiger partial charge in [0.05, 0.1) is 35.4 Å². The van der Waals surface area contributed by atoms with Gasteiger partial charge in [-0.25, -0.2) is 4.79 Å². The molecule has 0 radical (unpaired) electrons. The number of ketones is 1. The van der Waals surface area contributed by atoms with Crippen LogP contribution in [0.4, 0.5) is 0 Å². The van der Waals surface area contributed by atoms with Crippen molar-refractivity contribution in [1.82, 2.24) is 5.32 Å². The number of rotatable bonds is 4. The van der Waals surface area contributed by atoms with E-state index >= 15 is 0 Å². The van der Waals surface area contributed by atoms with Gasteiger partial charge in [0.25, 0.3) is 0 Å². The molecule has 1 aliphatic carbocycles. The average molecular weight is 533 g/mol. The van der Waals surface area contributed by atoms with Crippen molar-refractivity contribution >= 4 is 49.3 Å². The highest BCUT2D eigenvalue weighted by atomic mass is 79.9. The Balaban J connectivity index is 2.02. The van der Waals surface area contributed by atoms with E-state index in [0.29, 0.717) is 33.7 Å². The van der Waals surface area contributed by atoms with Crippen LogP contribution in [0.5, 0.6) is 5.75 Å². The summed E-state index contributed by atoms with van der Waals surface area (Å²) in [6.45, 7) is 3.83. The second-order valence-corrected chi connectivity index (χ2v) is 8.76. The van der Waals surface area contributed by atoms with Crippen LogP contribution in [0.15, 0.2) is 62.2 Å². The molecule has 1 heterocycles. The van der Waals surface area contributed by atoms with Gasteiger partial charge in [-0.3, -0.25) is 4.79 Å². The SMILES string of the molecule is CCOC(=O)C1=C(C)NC2=C(C(=O)c3ccccc32)[C@@H]1c1cc(Br)cc(Br)c1OC. The van der Waals surface area contributed by atoms with Crippen LogP contribution in [-0.2, 0) is 9.53 Å². The van der Waals surface area contributed by atoms with Crippen molar-refractivity contribution < 1.29 is 19.1 Å². The van der Waals surface area contributed by atoms with Gasteiger partial charge in [0.15, 0.2) is 5.78 Å². The third-order valence-electron chi connectivity index (χ3n) is 5.30. The molecule has 154 valence electrons. The minimum absolute atomic E-state index is 0.106. The van der Waals surface area contributed by atoms with E-state index in [1.54, 1.807) is 14.0 Å². The van der Waals surface area contributed by atoms with E-state index < -0.39 is 11.9 Å². The zero-order chi connectivity index (χ0) is 21.6. The van der Waals surface area contributed by atoms with Gasteiger partial charge in [0.2, 0.25) is 0 Å². The monoisotopic (exact) mass is 531 g/mol. The Morgan fingerprint density at radius 2 is 1.87 bits per heavy atom. The molecular weight excluding hydrogens is 514 g/mol. The number of benzene rings is 2. The first kappa shape index (κ1) is 20.9. The summed E-state index contributed by atoms with van der Waals surface area (Å²) in [4.78, 5) is 26.5. The van der Waals surface area contributed by atoms with Gasteiger partial charge >= 0.3 is 5.97 Å². The first-order valence-electron chi connectivity index (χ1n) is 9.45. The fourth-order valence-corrected chi connectivity index (χ4v) is 5.55. The van der Waals surface area contributed by atoms with Gasteiger partial charge in [-0.05, 0) is 41.9 Å². The maximum Gasteiger partial charge on any atom is 0.336 e. The molecule has 2 aromatic rings. The van der Waals surface area contributed by atoms with E-state index in [1.165, 1.54) is 0 Å². The van der Waals surface area contributed by atoms with E-state index in [9.17, 15) is 9.59 Å². The van der Waals surface area contributed by atoms with Crippen molar-refractivity contribution in [2.75, 3.05) is 13.7 Å². The number of dihydropyridines is 1. The third kappa shape index (κ3) is 3.20. The third-order valence-corrected chi connectivity index (χ3v) is 6.34. The molecule has 2 aliphatic rings. The van der Waals surface area contributed by atoms with Crippen molar-refractivity contribution in [1.29, 1.82) is 0 Å². The molecule has 0 saturated heterocycles. The Kier molecular flexibility index (Phi) is 5.59. The predicted molar refractivity (Wildman–Crippen MR) is 121 cm³/mol. The number of esters is 1. The molecule has 7 heteroatoms. The zero-order valence-electron chi connectivity index (χ0n) is 16.6. The highest BCUT2D eigenvalue weighted by Gasteiger charge is 2.44. The number of halogens is 2. The molecule has 1 atom stereocenters. The van der Waals surface area contributed by atoms with Gasteiger partial charge in [-0.2, -0.15) is 0 Å². The van der Waals surface area contributed by atoms with E-state index in [0.717, 1.165) is 20.2 Å². The molecule has 0 unspecified atom stereocenters. The van der Waals surface area contributed by atoms with Crippen LogP contribution in [0.2, 0.25) is 0 Å². The number of ether oxygens (including phenoxy) is 2. The molecule has 5 nitrogen and oxygen atoms in total. The number of carbonyl (C=O) groups excluding carboxylic acids is 2. The number of Topliss-reactive ketones (excluding diaryl/α,β-unsaturated/α-hetero) is 1. The van der Waals surface area contributed by atoms with Crippen LogP contribution in [0.3, 0.4) is 0 Å². The van der Waals surface area contributed by atoms with E-state index in [2.05, 4.69) is 37.2 Å². The van der Waals surface area contributed by atoms with Crippen molar-refractivity contribution in [3.8, 4) is 5.75 Å². The summed E-state index contributed by atoms with van der Waals surface area (Å²) in [6.07, 6.45) is 0. The van der Waals surface area contributed by atoms with Gasteiger partial charge in [0.1, 0.15) is 5.75 Å². The molecule has 30 heavy (non-hydrogen) atoms. The first-order valence-corrected chi connectivity index (χ1v) is 11.0. The lowest BCUT2D eigenvalue weighted by Crippen LogP contribution is -2.29. The summed E-state index contributed by atoms with van der Waals surface area (Å²) in [5.41, 5.74) is 4.46. The van der Waals surface area contributed by atoms with Gasteiger partial charge in [-0.15, -0.1) is 0 Å². The highest BCUT2D eigenvalue weighted by molar-refractivity contribution is 9.11. The molecule has 1 aliphatic heterocycles. The Morgan fingerprint density at radius 3 is 2.53 bits per heavy atom. The Labute approximate surface area is 191 Å². The zero-order valence-corrected chi connectivity index (χ0v) is 19.8. The van der Waals surface area contributed by atoms with Crippen LogP contribution >= 0.6 is 31.9 Å². The van der Waals surface area contributed by atoms with Crippen LogP contribution in [-0.4, -0.2) is 25.5 Å².